The second-order valence-electron chi connectivity index (χ2n) is 5.73. The molecule has 0 aliphatic carbocycles. The van der Waals surface area contributed by atoms with Crippen LogP contribution < -0.4 is 5.32 Å². The number of anilines is 1. The molecule has 0 unspecified atom stereocenters. The van der Waals surface area contributed by atoms with Gasteiger partial charge in [-0.15, -0.1) is 0 Å². The van der Waals surface area contributed by atoms with Crippen molar-refractivity contribution in [1.29, 1.82) is 0 Å². The summed E-state index contributed by atoms with van der Waals surface area (Å²) in [6, 6.07) is 12.7. The number of nitrogens with one attached hydrogen (secondary N) is 1. The predicted octanol–water partition coefficient (Wildman–Crippen LogP) is 5.71. The third-order valence-electron chi connectivity index (χ3n) is 3.96. The van der Waals surface area contributed by atoms with Gasteiger partial charge in [0, 0.05) is 27.4 Å². The molecule has 7 heteroatoms. The quantitative estimate of drug-likeness (QED) is 0.588. The number of rotatable bonds is 5. The molecule has 1 amide bonds. The van der Waals surface area contributed by atoms with Crippen molar-refractivity contribution in [1.82, 2.24) is 9.78 Å². The van der Waals surface area contributed by atoms with Crippen molar-refractivity contribution in [3.05, 3.63) is 80.4 Å². The van der Waals surface area contributed by atoms with Crippen molar-refractivity contribution in [2.75, 3.05) is 5.32 Å². The Balaban J connectivity index is 1.76. The van der Waals surface area contributed by atoms with Crippen LogP contribution in [0.3, 0.4) is 0 Å². The highest BCUT2D eigenvalue weighted by Crippen LogP contribution is 2.27. The Morgan fingerprint density at radius 1 is 1.04 bits per heavy atom. The minimum Gasteiger partial charge on any atom is -0.304 e. The molecule has 1 heterocycles. The average Bonchev–Trinajstić information content (AvgIpc) is 2.97. The van der Waals surface area contributed by atoms with E-state index in [9.17, 15) is 4.79 Å². The van der Waals surface area contributed by atoms with Crippen molar-refractivity contribution in [2.24, 2.45) is 0 Å². The summed E-state index contributed by atoms with van der Waals surface area (Å²) in [5, 5.41) is 8.49. The molecule has 3 rings (SSSR count). The molecule has 0 spiro atoms. The second kappa shape index (κ2) is 8.12. The highest BCUT2D eigenvalue weighted by atomic mass is 35.5. The van der Waals surface area contributed by atoms with E-state index in [1.54, 1.807) is 41.2 Å². The largest absolute Gasteiger partial charge is 0.304 e. The van der Waals surface area contributed by atoms with E-state index in [-0.39, 0.29) is 5.91 Å². The van der Waals surface area contributed by atoms with Crippen molar-refractivity contribution in [3.8, 4) is 0 Å². The topological polar surface area (TPSA) is 46.9 Å². The van der Waals surface area contributed by atoms with Gasteiger partial charge in [0.25, 0.3) is 5.91 Å². The van der Waals surface area contributed by atoms with Gasteiger partial charge in [0.2, 0.25) is 0 Å². The number of hydrogen-bond donors (Lipinski definition) is 1. The maximum absolute atomic E-state index is 12.4. The maximum Gasteiger partial charge on any atom is 0.256 e. The number of carbonyl (C=O) groups excluding carboxylic acids is 1. The summed E-state index contributed by atoms with van der Waals surface area (Å²) in [7, 11) is 0. The molecule has 0 aliphatic rings. The number of aromatic nitrogens is 2. The molecule has 134 valence electrons. The lowest BCUT2D eigenvalue weighted by Crippen LogP contribution is -2.13. The smallest absolute Gasteiger partial charge is 0.256 e. The zero-order valence-corrected chi connectivity index (χ0v) is 16.2. The number of aryl methyl sites for hydroxylation is 1. The monoisotopic (exact) mass is 407 g/mol. The standard InChI is InChI=1S/C19H16Cl3N3O/c1-2-12-6-8-13(9-7-12)19(26)23-18-17(22)11-25(24-18)10-14-15(20)4-3-5-16(14)21/h3-9,11H,2,10H2,1H3,(H,23,24,26). The molecule has 0 atom stereocenters. The van der Waals surface area contributed by atoms with Gasteiger partial charge in [-0.3, -0.25) is 9.48 Å². The van der Waals surface area contributed by atoms with E-state index in [0.29, 0.717) is 33.0 Å². The van der Waals surface area contributed by atoms with Gasteiger partial charge >= 0.3 is 0 Å². The Bertz CT molecular complexity index is 915. The molecular formula is C19H16Cl3N3O. The molecule has 0 radical (unpaired) electrons. The molecule has 0 saturated carbocycles. The van der Waals surface area contributed by atoms with Crippen LogP contribution in [0.5, 0.6) is 0 Å². The minimum atomic E-state index is -0.268. The molecule has 3 aromatic rings. The highest BCUT2D eigenvalue weighted by molar-refractivity contribution is 6.36. The zero-order valence-electron chi connectivity index (χ0n) is 14.0. The normalized spacial score (nSPS) is 10.8. The molecule has 1 aromatic heterocycles. The van der Waals surface area contributed by atoms with Crippen LogP contribution in [-0.4, -0.2) is 15.7 Å². The molecular weight excluding hydrogens is 393 g/mol. The lowest BCUT2D eigenvalue weighted by atomic mass is 10.1. The Hall–Kier alpha value is -2.01. The van der Waals surface area contributed by atoms with Crippen LogP contribution in [0, 0.1) is 0 Å². The summed E-state index contributed by atoms with van der Waals surface area (Å²) in [5.41, 5.74) is 2.45. The van der Waals surface area contributed by atoms with E-state index in [4.69, 9.17) is 34.8 Å². The number of carbonyl (C=O) groups is 1. The minimum absolute atomic E-state index is 0.268. The van der Waals surface area contributed by atoms with Gasteiger partial charge < -0.3 is 5.32 Å². The van der Waals surface area contributed by atoms with E-state index in [1.807, 2.05) is 12.1 Å². The summed E-state index contributed by atoms with van der Waals surface area (Å²) in [4.78, 5) is 12.4. The molecule has 26 heavy (non-hydrogen) atoms. The van der Waals surface area contributed by atoms with Gasteiger partial charge in [0.05, 0.1) is 6.54 Å². The van der Waals surface area contributed by atoms with Gasteiger partial charge in [0.15, 0.2) is 5.82 Å². The molecule has 0 aliphatic heterocycles. The first-order valence-electron chi connectivity index (χ1n) is 8.04. The van der Waals surface area contributed by atoms with E-state index < -0.39 is 0 Å². The first-order valence-corrected chi connectivity index (χ1v) is 9.17. The first kappa shape index (κ1) is 18.8. The molecule has 0 fully saturated rings. The van der Waals surface area contributed by atoms with E-state index in [0.717, 1.165) is 12.0 Å². The SMILES string of the molecule is CCc1ccc(C(=O)Nc2nn(Cc3c(Cl)cccc3Cl)cc2Cl)cc1. The van der Waals surface area contributed by atoms with Gasteiger partial charge in [-0.2, -0.15) is 5.10 Å². The van der Waals surface area contributed by atoms with E-state index in [2.05, 4.69) is 17.3 Å². The van der Waals surface area contributed by atoms with Crippen LogP contribution in [-0.2, 0) is 13.0 Å². The Morgan fingerprint density at radius 3 is 2.31 bits per heavy atom. The van der Waals surface area contributed by atoms with Gasteiger partial charge in [-0.05, 0) is 36.2 Å². The van der Waals surface area contributed by atoms with Gasteiger partial charge in [0.1, 0.15) is 5.02 Å². The number of benzene rings is 2. The van der Waals surface area contributed by atoms with Crippen molar-refractivity contribution in [2.45, 2.75) is 19.9 Å². The second-order valence-corrected chi connectivity index (χ2v) is 6.95. The van der Waals surface area contributed by atoms with Crippen molar-refractivity contribution >= 4 is 46.5 Å². The maximum atomic E-state index is 12.4. The molecule has 1 N–H and O–H groups in total. The predicted molar refractivity (Wildman–Crippen MR) is 107 cm³/mol. The number of amides is 1. The summed E-state index contributed by atoms with van der Waals surface area (Å²) in [6.07, 6.45) is 2.54. The lowest BCUT2D eigenvalue weighted by Gasteiger charge is -2.07. The van der Waals surface area contributed by atoms with Crippen LogP contribution in [0.15, 0.2) is 48.7 Å². The Morgan fingerprint density at radius 2 is 1.69 bits per heavy atom. The summed E-state index contributed by atoms with van der Waals surface area (Å²) in [5.74, 6) is 0.0231. The van der Waals surface area contributed by atoms with Crippen LogP contribution in [0.25, 0.3) is 0 Å². The van der Waals surface area contributed by atoms with Gasteiger partial charge in [-0.1, -0.05) is 59.9 Å². The lowest BCUT2D eigenvalue weighted by molar-refractivity contribution is 0.102. The number of nitrogens with zero attached hydrogens (tertiary/aromatic N) is 2. The summed E-state index contributed by atoms with van der Waals surface area (Å²) in [6.45, 7) is 2.41. The van der Waals surface area contributed by atoms with Crippen LogP contribution in [0.2, 0.25) is 15.1 Å². The van der Waals surface area contributed by atoms with Crippen molar-refractivity contribution in [3.63, 3.8) is 0 Å². The third-order valence-corrected chi connectivity index (χ3v) is 4.94. The fourth-order valence-electron chi connectivity index (χ4n) is 2.48. The fraction of sp³-hybridized carbons (Fsp3) is 0.158. The highest BCUT2D eigenvalue weighted by Gasteiger charge is 2.14. The molecule has 0 saturated heterocycles. The Labute approximate surface area is 166 Å². The van der Waals surface area contributed by atoms with Gasteiger partial charge in [-0.25, -0.2) is 0 Å². The van der Waals surface area contributed by atoms with Crippen LogP contribution in [0.1, 0.15) is 28.4 Å². The third kappa shape index (κ3) is 4.21. The van der Waals surface area contributed by atoms with E-state index >= 15 is 0 Å². The first-order chi connectivity index (χ1) is 12.5. The van der Waals surface area contributed by atoms with Crippen LogP contribution in [0.4, 0.5) is 5.82 Å². The zero-order chi connectivity index (χ0) is 18.7. The molecule has 4 nitrogen and oxygen atoms in total. The summed E-state index contributed by atoms with van der Waals surface area (Å²) >= 11 is 18.6. The summed E-state index contributed by atoms with van der Waals surface area (Å²) < 4.78 is 1.59. The Kier molecular flexibility index (Phi) is 5.87. The van der Waals surface area contributed by atoms with Crippen LogP contribution >= 0.6 is 34.8 Å². The van der Waals surface area contributed by atoms with Crippen molar-refractivity contribution < 1.29 is 4.79 Å². The molecule has 0 bridgehead atoms. The number of halogens is 3. The molecule has 2 aromatic carbocycles. The fourth-order valence-corrected chi connectivity index (χ4v) is 3.19. The number of hydrogen-bond acceptors (Lipinski definition) is 2. The van der Waals surface area contributed by atoms with E-state index in [1.165, 1.54) is 5.56 Å². The average molecular weight is 409 g/mol.